The third-order valence-corrected chi connectivity index (χ3v) is 17.1. The van der Waals surface area contributed by atoms with Gasteiger partial charge in [0.15, 0.2) is 0 Å². The summed E-state index contributed by atoms with van der Waals surface area (Å²) >= 11 is -1.32. The molecular formula is C13H31BGe. The van der Waals surface area contributed by atoms with Gasteiger partial charge in [0.2, 0.25) is 0 Å². The molecule has 0 unspecified atom stereocenters. The first-order valence-electron chi connectivity index (χ1n) is 7.17. The van der Waals surface area contributed by atoms with Crippen molar-refractivity contribution < 1.29 is 0 Å². The quantitative estimate of drug-likeness (QED) is 0.491. The van der Waals surface area contributed by atoms with Gasteiger partial charge in [0.1, 0.15) is 0 Å². The third-order valence-electron chi connectivity index (χ3n) is 4.72. The Morgan fingerprint density at radius 2 is 1.27 bits per heavy atom. The molecule has 0 atom stereocenters. The van der Waals surface area contributed by atoms with E-state index in [1.807, 2.05) is 0 Å². The van der Waals surface area contributed by atoms with Gasteiger partial charge in [0, 0.05) is 0 Å². The van der Waals surface area contributed by atoms with Crippen LogP contribution in [-0.2, 0) is 0 Å². The fraction of sp³-hybridized carbons (Fsp3) is 1.00. The molecule has 15 heavy (non-hydrogen) atoms. The molecular weight excluding hydrogens is 240 g/mol. The van der Waals surface area contributed by atoms with Crippen LogP contribution in [0.15, 0.2) is 0 Å². The average molecular weight is 271 g/mol. The van der Waals surface area contributed by atoms with Crippen LogP contribution in [0.3, 0.4) is 0 Å². The summed E-state index contributed by atoms with van der Waals surface area (Å²) in [7, 11) is 0. The molecule has 0 aromatic rings. The van der Waals surface area contributed by atoms with Gasteiger partial charge < -0.3 is 0 Å². The maximum absolute atomic E-state index is 2.45. The Morgan fingerprint density at radius 3 is 1.60 bits per heavy atom. The molecule has 0 fully saturated rings. The Bertz CT molecular complexity index is 131. The molecule has 0 saturated heterocycles. The molecule has 0 spiro atoms. The first-order chi connectivity index (χ1) is 7.17. The number of hydrogen-bond donors (Lipinski definition) is 0. The summed E-state index contributed by atoms with van der Waals surface area (Å²) in [5.41, 5.74) is 0. The van der Waals surface area contributed by atoms with Crippen molar-refractivity contribution in [2.24, 2.45) is 0 Å². The second-order valence-corrected chi connectivity index (χ2v) is 16.9. The molecule has 0 saturated carbocycles. The van der Waals surface area contributed by atoms with Crippen molar-refractivity contribution in [1.29, 1.82) is 0 Å². The van der Waals surface area contributed by atoms with Crippen molar-refractivity contribution in [2.45, 2.75) is 81.0 Å². The van der Waals surface area contributed by atoms with Gasteiger partial charge in [-0.05, 0) is 0 Å². The average Bonchev–Trinajstić information content (AvgIpc) is 2.31. The zero-order chi connectivity index (χ0) is 11.7. The van der Waals surface area contributed by atoms with Crippen LogP contribution in [0.2, 0.25) is 40.0 Å². The Hall–Kier alpha value is 0.608. The predicted molar refractivity (Wildman–Crippen MR) is 78.1 cm³/mol. The van der Waals surface area contributed by atoms with E-state index in [0.717, 1.165) is 6.71 Å². The fourth-order valence-electron chi connectivity index (χ4n) is 2.74. The third kappa shape index (κ3) is 5.47. The van der Waals surface area contributed by atoms with Crippen molar-refractivity contribution in [3.05, 3.63) is 0 Å². The minimum atomic E-state index is -1.32. The standard InChI is InChI=1S/C13H31BGe/c1-6-14(7-2)12-11-13-15(8-3,9-4)10-5/h6-13H2,1-5H3. The van der Waals surface area contributed by atoms with Crippen molar-refractivity contribution >= 4 is 20.0 Å². The monoisotopic (exact) mass is 272 g/mol. The van der Waals surface area contributed by atoms with Gasteiger partial charge in [-0.1, -0.05) is 0 Å². The first kappa shape index (κ1) is 15.6. The first-order valence-corrected chi connectivity index (χ1v) is 13.1. The molecule has 0 nitrogen and oxygen atoms in total. The summed E-state index contributed by atoms with van der Waals surface area (Å²) in [5, 5.41) is 6.29. The van der Waals surface area contributed by atoms with Crippen LogP contribution in [0, 0.1) is 0 Å². The minimum absolute atomic E-state index is 1.01. The molecule has 0 aromatic carbocycles. The van der Waals surface area contributed by atoms with Crippen molar-refractivity contribution in [3.63, 3.8) is 0 Å². The second-order valence-electron chi connectivity index (χ2n) is 5.14. The summed E-state index contributed by atoms with van der Waals surface area (Å²) in [6, 6.07) is 0. The van der Waals surface area contributed by atoms with E-state index in [0.29, 0.717) is 0 Å². The normalized spacial score (nSPS) is 11.8. The van der Waals surface area contributed by atoms with E-state index < -0.39 is 13.3 Å². The summed E-state index contributed by atoms with van der Waals surface area (Å²) in [6.07, 6.45) is 5.81. The number of rotatable bonds is 9. The van der Waals surface area contributed by atoms with E-state index in [2.05, 4.69) is 34.6 Å². The van der Waals surface area contributed by atoms with Crippen molar-refractivity contribution in [3.8, 4) is 0 Å². The van der Waals surface area contributed by atoms with E-state index in [4.69, 9.17) is 0 Å². The summed E-state index contributed by atoms with van der Waals surface area (Å²) in [5.74, 6) is 0. The molecule has 0 amide bonds. The Balaban J connectivity index is 3.89. The molecule has 2 heteroatoms. The van der Waals surface area contributed by atoms with E-state index in [1.54, 1.807) is 21.0 Å². The Morgan fingerprint density at radius 1 is 0.800 bits per heavy atom. The zero-order valence-electron chi connectivity index (χ0n) is 11.7. The van der Waals surface area contributed by atoms with E-state index >= 15 is 0 Å². The van der Waals surface area contributed by atoms with Crippen LogP contribution in [0.5, 0.6) is 0 Å². The van der Waals surface area contributed by atoms with E-state index in [1.165, 1.54) is 25.4 Å². The van der Waals surface area contributed by atoms with Gasteiger partial charge in [-0.3, -0.25) is 0 Å². The van der Waals surface area contributed by atoms with Crippen LogP contribution in [0.4, 0.5) is 0 Å². The van der Waals surface area contributed by atoms with Crippen LogP contribution in [0.1, 0.15) is 41.0 Å². The SMILES string of the molecule is CCB(CC)CC[CH2][Ge]([CH2]C)([CH2]C)[CH2]C. The van der Waals surface area contributed by atoms with Crippen LogP contribution in [0.25, 0.3) is 0 Å². The fourth-order valence-corrected chi connectivity index (χ4v) is 10.1. The molecule has 0 aliphatic heterocycles. The maximum atomic E-state index is 2.45. The van der Waals surface area contributed by atoms with Gasteiger partial charge in [0.25, 0.3) is 0 Å². The van der Waals surface area contributed by atoms with Crippen molar-refractivity contribution in [1.82, 2.24) is 0 Å². The topological polar surface area (TPSA) is 0 Å². The van der Waals surface area contributed by atoms with Gasteiger partial charge in [-0.25, -0.2) is 0 Å². The Labute approximate surface area is 101 Å². The van der Waals surface area contributed by atoms with Crippen molar-refractivity contribution in [2.75, 3.05) is 0 Å². The second kappa shape index (κ2) is 8.72. The summed E-state index contributed by atoms with van der Waals surface area (Å²) in [4.78, 5) is 0. The van der Waals surface area contributed by atoms with Gasteiger partial charge in [-0.2, -0.15) is 0 Å². The molecule has 0 radical (unpaired) electrons. The Kier molecular flexibility index (Phi) is 9.08. The predicted octanol–water partition coefficient (Wildman–Crippen LogP) is 5.42. The summed E-state index contributed by atoms with van der Waals surface area (Å²) < 4.78 is 0. The zero-order valence-corrected chi connectivity index (χ0v) is 13.8. The molecule has 0 bridgehead atoms. The molecule has 0 aliphatic rings. The van der Waals surface area contributed by atoms with Gasteiger partial charge >= 0.3 is 101 Å². The van der Waals surface area contributed by atoms with Crippen LogP contribution in [-0.4, -0.2) is 20.0 Å². The van der Waals surface area contributed by atoms with Gasteiger partial charge in [0.05, 0.1) is 0 Å². The molecule has 0 rings (SSSR count). The molecule has 90 valence electrons. The van der Waals surface area contributed by atoms with Crippen LogP contribution >= 0.6 is 0 Å². The molecule has 0 N–H and O–H groups in total. The molecule has 0 heterocycles. The summed E-state index contributed by atoms with van der Waals surface area (Å²) in [6.45, 7) is 13.1. The van der Waals surface area contributed by atoms with Crippen LogP contribution < -0.4 is 0 Å². The molecule has 0 aliphatic carbocycles. The number of hydrogen-bond acceptors (Lipinski definition) is 0. The van der Waals surface area contributed by atoms with E-state index in [9.17, 15) is 0 Å². The van der Waals surface area contributed by atoms with Gasteiger partial charge in [-0.15, -0.1) is 0 Å². The molecule has 0 aromatic heterocycles. The van der Waals surface area contributed by atoms with E-state index in [-0.39, 0.29) is 0 Å².